The summed E-state index contributed by atoms with van der Waals surface area (Å²) in [5, 5.41) is 10.8. The lowest BCUT2D eigenvalue weighted by molar-refractivity contribution is -0.385. The highest BCUT2D eigenvalue weighted by Gasteiger charge is 2.20. The number of hydrazine groups is 1. The first-order chi connectivity index (χ1) is 13.2. The molecule has 2 N–H and O–H groups in total. The molecule has 0 saturated heterocycles. The van der Waals surface area contributed by atoms with E-state index in [1.54, 1.807) is 6.92 Å². The number of benzene rings is 2. The number of hydrogen-bond donors (Lipinski definition) is 2. The van der Waals surface area contributed by atoms with Crippen molar-refractivity contribution >= 4 is 27.8 Å². The summed E-state index contributed by atoms with van der Waals surface area (Å²) in [6, 6.07) is 9.36. The molecule has 2 rings (SSSR count). The van der Waals surface area contributed by atoms with E-state index < -0.39 is 32.7 Å². The molecule has 28 heavy (non-hydrogen) atoms. The van der Waals surface area contributed by atoms with Gasteiger partial charge in [0.25, 0.3) is 11.6 Å². The zero-order valence-electron chi connectivity index (χ0n) is 14.4. The van der Waals surface area contributed by atoms with Gasteiger partial charge in [-0.25, -0.2) is 10.2 Å². The molecular weight excluding hydrogens is 394 g/mol. The molecule has 2 aromatic carbocycles. The quantitative estimate of drug-likeness (QED) is 0.415. The van der Waals surface area contributed by atoms with Crippen LogP contribution in [0.25, 0.3) is 0 Å². The Morgan fingerprint density at radius 3 is 2.39 bits per heavy atom. The summed E-state index contributed by atoms with van der Waals surface area (Å²) in [6.45, 7) is 1.73. The van der Waals surface area contributed by atoms with Crippen molar-refractivity contribution in [3.05, 3.63) is 64.2 Å². The fraction of sp³-hybridized carbons (Fsp3) is 0.125. The van der Waals surface area contributed by atoms with Crippen LogP contribution in [-0.2, 0) is 14.9 Å². The minimum absolute atomic E-state index is 0.108. The molecule has 0 aliphatic heterocycles. The van der Waals surface area contributed by atoms with E-state index in [1.165, 1.54) is 30.3 Å². The maximum absolute atomic E-state index is 12.2. The first-order valence-corrected chi connectivity index (χ1v) is 9.16. The highest BCUT2D eigenvalue weighted by Crippen LogP contribution is 2.22. The molecule has 0 heterocycles. The van der Waals surface area contributed by atoms with E-state index in [1.807, 2.05) is 5.43 Å². The van der Waals surface area contributed by atoms with Crippen LogP contribution in [0, 0.1) is 10.1 Å². The summed E-state index contributed by atoms with van der Waals surface area (Å²) in [7, 11) is -4.31. The van der Waals surface area contributed by atoms with Crippen LogP contribution in [0.5, 0.6) is 5.75 Å². The van der Waals surface area contributed by atoms with Crippen LogP contribution in [0.1, 0.15) is 17.3 Å². The normalized spacial score (nSPS) is 10.6. The number of carbonyl (C=O) groups is 2. The molecular formula is C16H15N3O8S. The van der Waals surface area contributed by atoms with E-state index in [2.05, 4.69) is 10.2 Å². The maximum Gasteiger partial charge on any atom is 0.426 e. The number of ether oxygens (including phenoxy) is 1. The van der Waals surface area contributed by atoms with Crippen molar-refractivity contribution in [2.75, 3.05) is 6.61 Å². The van der Waals surface area contributed by atoms with Crippen molar-refractivity contribution in [1.29, 1.82) is 0 Å². The first kappa shape index (κ1) is 20.6. The number of nitrogens with zero attached hydrogens (tertiary/aromatic N) is 1. The van der Waals surface area contributed by atoms with Crippen LogP contribution in [-0.4, -0.2) is 31.9 Å². The predicted molar refractivity (Wildman–Crippen MR) is 95.0 cm³/mol. The van der Waals surface area contributed by atoms with Gasteiger partial charge in [0, 0.05) is 17.7 Å². The minimum atomic E-state index is -4.31. The largest absolute Gasteiger partial charge is 0.449 e. The standard InChI is InChI=1S/C16H15N3O8S/c1-2-26-16(21)18-17-15(20)11-6-8-13(9-7-11)27-28(24,25)14-5-3-4-12(10-14)19(22)23/h3-10H,2H2,1H3,(H,17,20)(H,18,21). The second kappa shape index (κ2) is 8.81. The summed E-state index contributed by atoms with van der Waals surface area (Å²) >= 11 is 0. The molecule has 0 aliphatic carbocycles. The van der Waals surface area contributed by atoms with Crippen LogP contribution in [0.15, 0.2) is 53.4 Å². The Kier molecular flexibility index (Phi) is 6.50. The van der Waals surface area contributed by atoms with Gasteiger partial charge in [-0.1, -0.05) is 6.07 Å². The van der Waals surface area contributed by atoms with Gasteiger partial charge in [0.2, 0.25) is 0 Å². The molecule has 148 valence electrons. The van der Waals surface area contributed by atoms with Gasteiger partial charge in [0.15, 0.2) is 0 Å². The SMILES string of the molecule is CCOC(=O)NNC(=O)c1ccc(OS(=O)(=O)c2cccc([N+](=O)[O-])c2)cc1. The van der Waals surface area contributed by atoms with Crippen molar-refractivity contribution in [3.63, 3.8) is 0 Å². The predicted octanol–water partition coefficient (Wildman–Crippen LogP) is 1.75. The zero-order valence-corrected chi connectivity index (χ0v) is 15.3. The van der Waals surface area contributed by atoms with E-state index >= 15 is 0 Å². The fourth-order valence-corrected chi connectivity index (χ4v) is 2.91. The first-order valence-electron chi connectivity index (χ1n) is 7.75. The second-order valence-electron chi connectivity index (χ2n) is 5.12. The average Bonchev–Trinajstić information content (AvgIpc) is 2.66. The third kappa shape index (κ3) is 5.41. The Hall–Kier alpha value is -3.67. The number of nitrogens with one attached hydrogen (secondary N) is 2. The van der Waals surface area contributed by atoms with Crippen molar-refractivity contribution in [1.82, 2.24) is 10.9 Å². The molecule has 0 fully saturated rings. The van der Waals surface area contributed by atoms with E-state index in [9.17, 15) is 28.1 Å². The lowest BCUT2D eigenvalue weighted by Gasteiger charge is -2.09. The summed E-state index contributed by atoms with van der Waals surface area (Å²) in [4.78, 5) is 32.6. The number of nitro groups is 1. The lowest BCUT2D eigenvalue weighted by Crippen LogP contribution is -2.41. The molecule has 2 amide bonds. The van der Waals surface area contributed by atoms with E-state index in [4.69, 9.17) is 4.18 Å². The number of rotatable bonds is 6. The van der Waals surface area contributed by atoms with Gasteiger partial charge in [-0.2, -0.15) is 8.42 Å². The topological polar surface area (TPSA) is 154 Å². The highest BCUT2D eigenvalue weighted by molar-refractivity contribution is 7.87. The van der Waals surface area contributed by atoms with Gasteiger partial charge < -0.3 is 8.92 Å². The molecule has 0 spiro atoms. The summed E-state index contributed by atoms with van der Waals surface area (Å²) < 4.78 is 34.0. The number of non-ortho nitro benzene ring substituents is 1. The zero-order chi connectivity index (χ0) is 20.7. The molecule has 12 heteroatoms. The van der Waals surface area contributed by atoms with Crippen LogP contribution >= 0.6 is 0 Å². The third-order valence-electron chi connectivity index (χ3n) is 3.19. The summed E-state index contributed by atoms with van der Waals surface area (Å²) in [5.74, 6) is -0.775. The van der Waals surface area contributed by atoms with Gasteiger partial charge in [-0.15, -0.1) is 0 Å². The fourth-order valence-electron chi connectivity index (χ4n) is 1.94. The van der Waals surface area contributed by atoms with Gasteiger partial charge in [-0.3, -0.25) is 20.3 Å². The Morgan fingerprint density at radius 2 is 1.79 bits per heavy atom. The van der Waals surface area contributed by atoms with Gasteiger partial charge in [0.1, 0.15) is 10.6 Å². The average molecular weight is 409 g/mol. The van der Waals surface area contributed by atoms with Crippen molar-refractivity contribution in [2.24, 2.45) is 0 Å². The smallest absolute Gasteiger partial charge is 0.426 e. The van der Waals surface area contributed by atoms with Crippen LogP contribution < -0.4 is 15.0 Å². The summed E-state index contributed by atoms with van der Waals surface area (Å²) in [6.07, 6.45) is -0.834. The molecule has 2 aromatic rings. The lowest BCUT2D eigenvalue weighted by atomic mass is 10.2. The molecule has 0 saturated carbocycles. The molecule has 0 radical (unpaired) electrons. The number of amides is 2. The molecule has 0 unspecified atom stereocenters. The molecule has 0 aromatic heterocycles. The Balaban J connectivity index is 2.07. The summed E-state index contributed by atoms with van der Waals surface area (Å²) in [5.41, 5.74) is 3.85. The van der Waals surface area contributed by atoms with Crippen LogP contribution in [0.3, 0.4) is 0 Å². The van der Waals surface area contributed by atoms with Crippen LogP contribution in [0.2, 0.25) is 0 Å². The Bertz CT molecular complexity index is 989. The van der Waals surface area contributed by atoms with E-state index in [0.29, 0.717) is 0 Å². The number of carbonyl (C=O) groups excluding carboxylic acids is 2. The Morgan fingerprint density at radius 1 is 1.11 bits per heavy atom. The number of nitro benzene ring substituents is 1. The van der Waals surface area contributed by atoms with Gasteiger partial charge in [-0.05, 0) is 37.3 Å². The molecule has 11 nitrogen and oxygen atoms in total. The minimum Gasteiger partial charge on any atom is -0.449 e. The van der Waals surface area contributed by atoms with Gasteiger partial charge in [0.05, 0.1) is 11.5 Å². The van der Waals surface area contributed by atoms with Gasteiger partial charge >= 0.3 is 16.2 Å². The second-order valence-corrected chi connectivity index (χ2v) is 6.66. The van der Waals surface area contributed by atoms with E-state index in [0.717, 1.165) is 18.2 Å². The third-order valence-corrected chi connectivity index (χ3v) is 4.44. The molecule has 0 bridgehead atoms. The maximum atomic E-state index is 12.2. The Labute approximate surface area is 159 Å². The van der Waals surface area contributed by atoms with Crippen molar-refractivity contribution < 1.29 is 31.9 Å². The molecule has 0 atom stereocenters. The monoisotopic (exact) mass is 409 g/mol. The molecule has 0 aliphatic rings. The van der Waals surface area contributed by atoms with Crippen LogP contribution in [0.4, 0.5) is 10.5 Å². The number of hydrogen-bond acceptors (Lipinski definition) is 8. The van der Waals surface area contributed by atoms with Crippen molar-refractivity contribution in [3.8, 4) is 5.75 Å². The highest BCUT2D eigenvalue weighted by atomic mass is 32.2. The van der Waals surface area contributed by atoms with Crippen molar-refractivity contribution in [2.45, 2.75) is 11.8 Å². The van der Waals surface area contributed by atoms with E-state index in [-0.39, 0.29) is 22.8 Å².